The van der Waals surface area contributed by atoms with Crippen LogP contribution in [0.3, 0.4) is 0 Å². The molecule has 90 valence electrons. The van der Waals surface area contributed by atoms with Gasteiger partial charge < -0.3 is 14.3 Å². The zero-order chi connectivity index (χ0) is 12.0. The molecule has 2 aliphatic heterocycles. The lowest BCUT2D eigenvalue weighted by atomic mass is 9.70. The van der Waals surface area contributed by atoms with Crippen molar-refractivity contribution < 1.29 is 14.3 Å². The van der Waals surface area contributed by atoms with Crippen molar-refractivity contribution in [2.45, 2.75) is 44.5 Å². The highest BCUT2D eigenvalue weighted by Gasteiger charge is 2.58. The molecule has 0 spiro atoms. The summed E-state index contributed by atoms with van der Waals surface area (Å²) >= 11 is 0. The fraction of sp³-hybridized carbons (Fsp3) is 0.615. The molecule has 2 fully saturated rings. The van der Waals surface area contributed by atoms with Gasteiger partial charge in [-0.1, -0.05) is 0 Å². The van der Waals surface area contributed by atoms with Crippen LogP contribution < -0.4 is 0 Å². The maximum Gasteiger partial charge on any atom is 0.134 e. The maximum absolute atomic E-state index is 10.4. The van der Waals surface area contributed by atoms with Gasteiger partial charge >= 0.3 is 0 Å². The SMILES string of the molecule is Cc1ccc(C(O)C2(C#N)CC3CCC2O3)o1. The smallest absolute Gasteiger partial charge is 0.134 e. The largest absolute Gasteiger partial charge is 0.464 e. The Bertz CT molecular complexity index is 475. The molecule has 0 aliphatic carbocycles. The molecule has 4 heteroatoms. The molecule has 0 amide bonds. The summed E-state index contributed by atoms with van der Waals surface area (Å²) in [5.41, 5.74) is -0.826. The fourth-order valence-corrected chi connectivity index (χ4v) is 3.06. The number of aliphatic hydroxyl groups is 1. The molecule has 3 rings (SSSR count). The first-order valence-electron chi connectivity index (χ1n) is 5.97. The van der Waals surface area contributed by atoms with Crippen molar-refractivity contribution in [1.82, 2.24) is 0 Å². The van der Waals surface area contributed by atoms with Crippen molar-refractivity contribution in [3.8, 4) is 6.07 Å². The van der Waals surface area contributed by atoms with E-state index in [1.165, 1.54) is 0 Å². The number of hydrogen-bond donors (Lipinski definition) is 1. The first-order chi connectivity index (χ1) is 8.15. The van der Waals surface area contributed by atoms with E-state index < -0.39 is 11.5 Å². The number of fused-ring (bicyclic) bond motifs is 2. The van der Waals surface area contributed by atoms with Gasteiger partial charge in [-0.3, -0.25) is 0 Å². The van der Waals surface area contributed by atoms with Gasteiger partial charge in [0, 0.05) is 0 Å². The van der Waals surface area contributed by atoms with Gasteiger partial charge in [-0.15, -0.1) is 0 Å². The summed E-state index contributed by atoms with van der Waals surface area (Å²) in [6.07, 6.45) is 1.54. The molecule has 0 saturated carbocycles. The average molecular weight is 233 g/mol. The molecule has 1 N–H and O–H groups in total. The number of aryl methyl sites for hydroxylation is 1. The summed E-state index contributed by atoms with van der Waals surface area (Å²) in [4.78, 5) is 0. The van der Waals surface area contributed by atoms with Crippen molar-refractivity contribution in [2.75, 3.05) is 0 Å². The quantitative estimate of drug-likeness (QED) is 0.849. The summed E-state index contributed by atoms with van der Waals surface area (Å²) in [6, 6.07) is 5.83. The molecule has 2 aliphatic rings. The highest BCUT2D eigenvalue weighted by Crippen LogP contribution is 2.53. The monoisotopic (exact) mass is 233 g/mol. The molecule has 0 radical (unpaired) electrons. The standard InChI is InChI=1S/C13H15NO3/c1-8-2-4-10(16-8)12(15)13(7-14)6-9-3-5-11(13)17-9/h2,4,9,11-12,15H,3,5-6H2,1H3. The maximum atomic E-state index is 10.4. The molecule has 0 aromatic carbocycles. The van der Waals surface area contributed by atoms with Gasteiger partial charge in [0.2, 0.25) is 0 Å². The molecule has 2 bridgehead atoms. The van der Waals surface area contributed by atoms with Crippen molar-refractivity contribution in [2.24, 2.45) is 5.41 Å². The van der Waals surface area contributed by atoms with Gasteiger partial charge in [-0.25, -0.2) is 0 Å². The van der Waals surface area contributed by atoms with E-state index in [1.807, 2.05) is 6.92 Å². The highest BCUT2D eigenvalue weighted by atomic mass is 16.5. The summed E-state index contributed by atoms with van der Waals surface area (Å²) in [5, 5.41) is 19.9. The Kier molecular flexibility index (Phi) is 2.29. The summed E-state index contributed by atoms with van der Waals surface area (Å²) in [6.45, 7) is 1.83. The number of ether oxygens (including phenoxy) is 1. The number of hydrogen-bond acceptors (Lipinski definition) is 4. The number of nitrogens with zero attached hydrogens (tertiary/aromatic N) is 1. The lowest BCUT2D eigenvalue weighted by Crippen LogP contribution is -2.37. The van der Waals surface area contributed by atoms with Crippen LogP contribution >= 0.6 is 0 Å². The van der Waals surface area contributed by atoms with E-state index in [4.69, 9.17) is 9.15 Å². The fourth-order valence-electron chi connectivity index (χ4n) is 3.06. The Hall–Kier alpha value is -1.31. The first kappa shape index (κ1) is 10.8. The number of rotatable bonds is 2. The van der Waals surface area contributed by atoms with Gasteiger partial charge in [0.05, 0.1) is 18.3 Å². The second kappa shape index (κ2) is 3.59. The van der Waals surface area contributed by atoms with E-state index in [0.29, 0.717) is 12.2 Å². The van der Waals surface area contributed by atoms with Crippen LogP contribution in [-0.2, 0) is 4.74 Å². The van der Waals surface area contributed by atoms with Crippen LogP contribution in [0.5, 0.6) is 0 Å². The van der Waals surface area contributed by atoms with E-state index in [1.54, 1.807) is 12.1 Å². The van der Waals surface area contributed by atoms with Crippen molar-refractivity contribution >= 4 is 0 Å². The minimum atomic E-state index is -0.892. The minimum Gasteiger partial charge on any atom is -0.464 e. The van der Waals surface area contributed by atoms with Crippen LogP contribution in [0, 0.1) is 23.7 Å². The predicted octanol–water partition coefficient (Wildman–Crippen LogP) is 2.08. The molecule has 4 atom stereocenters. The molecule has 2 saturated heterocycles. The van der Waals surface area contributed by atoms with Crippen LogP contribution in [0.25, 0.3) is 0 Å². The van der Waals surface area contributed by atoms with Crippen LogP contribution in [0.4, 0.5) is 0 Å². The van der Waals surface area contributed by atoms with Crippen molar-refractivity contribution in [1.29, 1.82) is 5.26 Å². The zero-order valence-corrected chi connectivity index (χ0v) is 9.72. The molecule has 3 heterocycles. The minimum absolute atomic E-state index is 0.130. The van der Waals surface area contributed by atoms with Crippen LogP contribution in [0.1, 0.15) is 36.9 Å². The van der Waals surface area contributed by atoms with Crippen molar-refractivity contribution in [3.63, 3.8) is 0 Å². The average Bonchev–Trinajstić information content (AvgIpc) is 3.02. The Balaban J connectivity index is 1.94. The zero-order valence-electron chi connectivity index (χ0n) is 9.72. The summed E-state index contributed by atoms with van der Waals surface area (Å²) in [5.74, 6) is 1.22. The topological polar surface area (TPSA) is 66.4 Å². The Labute approximate surface area is 99.8 Å². The van der Waals surface area contributed by atoms with Gasteiger partial charge in [0.1, 0.15) is 23.0 Å². The molecule has 17 heavy (non-hydrogen) atoms. The van der Waals surface area contributed by atoms with Crippen LogP contribution in [0.2, 0.25) is 0 Å². The normalized spacial score (nSPS) is 37.0. The number of aliphatic hydroxyl groups excluding tert-OH is 1. The Morgan fingerprint density at radius 1 is 1.53 bits per heavy atom. The number of furan rings is 1. The summed E-state index contributed by atoms with van der Waals surface area (Å²) < 4.78 is 11.1. The van der Waals surface area contributed by atoms with Gasteiger partial charge in [0.25, 0.3) is 0 Å². The van der Waals surface area contributed by atoms with E-state index in [9.17, 15) is 10.4 Å². The predicted molar refractivity (Wildman–Crippen MR) is 59.0 cm³/mol. The van der Waals surface area contributed by atoms with Gasteiger partial charge in [-0.05, 0) is 38.3 Å². The molecule has 4 nitrogen and oxygen atoms in total. The third-order valence-electron chi connectivity index (χ3n) is 3.97. The van der Waals surface area contributed by atoms with Crippen molar-refractivity contribution in [3.05, 3.63) is 23.7 Å². The number of nitriles is 1. The second-order valence-electron chi connectivity index (χ2n) is 5.03. The Morgan fingerprint density at radius 3 is 2.82 bits per heavy atom. The second-order valence-corrected chi connectivity index (χ2v) is 5.03. The summed E-state index contributed by atoms with van der Waals surface area (Å²) in [7, 11) is 0. The third-order valence-corrected chi connectivity index (χ3v) is 3.97. The molecule has 1 aromatic rings. The highest BCUT2D eigenvalue weighted by molar-refractivity contribution is 5.22. The third kappa shape index (κ3) is 1.43. The van der Waals surface area contributed by atoms with E-state index >= 15 is 0 Å². The van der Waals surface area contributed by atoms with E-state index in [-0.39, 0.29) is 12.2 Å². The van der Waals surface area contributed by atoms with Gasteiger partial charge in [-0.2, -0.15) is 5.26 Å². The lowest BCUT2D eigenvalue weighted by molar-refractivity contribution is -0.00791. The first-order valence-corrected chi connectivity index (χ1v) is 5.97. The molecular formula is C13H15NO3. The van der Waals surface area contributed by atoms with E-state index in [2.05, 4.69) is 6.07 Å². The van der Waals surface area contributed by atoms with Crippen LogP contribution in [-0.4, -0.2) is 17.3 Å². The molecule has 1 aromatic heterocycles. The van der Waals surface area contributed by atoms with E-state index in [0.717, 1.165) is 18.6 Å². The van der Waals surface area contributed by atoms with Gasteiger partial charge in [0.15, 0.2) is 0 Å². The lowest BCUT2D eigenvalue weighted by Gasteiger charge is -2.31. The van der Waals surface area contributed by atoms with Crippen LogP contribution in [0.15, 0.2) is 16.5 Å². The molecular weight excluding hydrogens is 218 g/mol. The Morgan fingerprint density at radius 2 is 2.35 bits per heavy atom. The molecule has 4 unspecified atom stereocenters.